The molecule has 1 aliphatic carbocycles. The van der Waals surface area contributed by atoms with Crippen LogP contribution in [0.15, 0.2) is 59.5 Å². The van der Waals surface area contributed by atoms with E-state index < -0.39 is 22.7 Å². The van der Waals surface area contributed by atoms with Gasteiger partial charge in [-0.3, -0.25) is 4.79 Å². The normalized spacial score (nSPS) is 19.4. The van der Waals surface area contributed by atoms with Crippen LogP contribution in [-0.2, 0) is 21.4 Å². The van der Waals surface area contributed by atoms with Crippen LogP contribution in [0, 0.1) is 18.8 Å². The van der Waals surface area contributed by atoms with E-state index in [0.29, 0.717) is 36.5 Å². The van der Waals surface area contributed by atoms with E-state index in [2.05, 4.69) is 5.32 Å². The Kier molecular flexibility index (Phi) is 8.18. The van der Waals surface area contributed by atoms with Gasteiger partial charge in [0.05, 0.1) is 4.90 Å². The molecule has 0 spiro atoms. The van der Waals surface area contributed by atoms with E-state index >= 15 is 0 Å². The number of amides is 1. The highest BCUT2D eigenvalue weighted by Crippen LogP contribution is 2.32. The van der Waals surface area contributed by atoms with E-state index in [9.17, 15) is 26.4 Å². The van der Waals surface area contributed by atoms with Gasteiger partial charge < -0.3 is 5.32 Å². The maximum absolute atomic E-state index is 13.2. The van der Waals surface area contributed by atoms with Crippen LogP contribution in [0.2, 0.25) is 0 Å². The quantitative estimate of drug-likeness (QED) is 0.595. The van der Waals surface area contributed by atoms with Crippen LogP contribution in [0.25, 0.3) is 0 Å². The van der Waals surface area contributed by atoms with Crippen molar-refractivity contribution in [3.8, 4) is 0 Å². The molecule has 0 unspecified atom stereocenters. The fourth-order valence-electron chi connectivity index (χ4n) is 4.12. The van der Waals surface area contributed by atoms with Gasteiger partial charge in [0.1, 0.15) is 6.54 Å². The van der Waals surface area contributed by atoms with Crippen LogP contribution in [0.1, 0.15) is 36.8 Å². The van der Waals surface area contributed by atoms with Gasteiger partial charge >= 0.3 is 6.18 Å². The highest BCUT2D eigenvalue weighted by atomic mass is 32.2. The van der Waals surface area contributed by atoms with E-state index in [4.69, 9.17) is 0 Å². The number of carbonyl (C=O) groups excluding carboxylic acids is 1. The summed E-state index contributed by atoms with van der Waals surface area (Å²) in [4.78, 5) is 12.4. The molecule has 0 aliphatic heterocycles. The summed E-state index contributed by atoms with van der Waals surface area (Å²) in [6.07, 6.45) is -2.59. The van der Waals surface area contributed by atoms with Gasteiger partial charge in [-0.1, -0.05) is 48.0 Å². The molecule has 1 amide bonds. The van der Waals surface area contributed by atoms with Crippen LogP contribution >= 0.6 is 0 Å². The highest BCUT2D eigenvalue weighted by Gasteiger charge is 2.39. The van der Waals surface area contributed by atoms with Crippen LogP contribution in [0.5, 0.6) is 0 Å². The average Bonchev–Trinajstić information content (AvgIpc) is 2.78. The maximum atomic E-state index is 13.2. The summed E-state index contributed by atoms with van der Waals surface area (Å²) in [7, 11) is -4.27. The number of benzene rings is 2. The van der Waals surface area contributed by atoms with Gasteiger partial charge in [0.2, 0.25) is 15.9 Å². The first-order valence-electron chi connectivity index (χ1n) is 11.0. The number of aryl methyl sites for hydroxylation is 1. The van der Waals surface area contributed by atoms with Crippen LogP contribution < -0.4 is 5.32 Å². The number of sulfonamides is 1. The molecule has 0 radical (unpaired) electrons. The molecule has 180 valence electrons. The molecule has 1 saturated carbocycles. The third-order valence-electron chi connectivity index (χ3n) is 6.00. The molecule has 1 fully saturated rings. The van der Waals surface area contributed by atoms with Gasteiger partial charge in [0.15, 0.2) is 0 Å². The molecule has 3 rings (SSSR count). The minimum Gasteiger partial charge on any atom is -0.352 e. The first-order valence-corrected chi connectivity index (χ1v) is 12.4. The van der Waals surface area contributed by atoms with E-state index in [0.717, 1.165) is 11.1 Å². The standard InChI is InChI=1S/C24H29F3N2O3S/c1-18-7-9-19(10-8-18)15-28-23(30)21-13-11-20(12-14-21)16-29(17-24(25,26)27)33(31,32)22-5-3-2-4-6-22/h2-10,20-21H,11-17H2,1H3,(H,28,30). The van der Waals surface area contributed by atoms with Crippen LogP contribution in [0.3, 0.4) is 0 Å². The summed E-state index contributed by atoms with van der Waals surface area (Å²) in [5.41, 5.74) is 2.13. The summed E-state index contributed by atoms with van der Waals surface area (Å²) in [6, 6.07) is 15.0. The van der Waals surface area contributed by atoms with Crippen molar-refractivity contribution in [3.63, 3.8) is 0 Å². The monoisotopic (exact) mass is 482 g/mol. The van der Waals surface area contributed by atoms with Crippen LogP contribution in [0.4, 0.5) is 13.2 Å². The minimum absolute atomic E-state index is 0.0712. The van der Waals surface area contributed by atoms with Crippen molar-refractivity contribution in [3.05, 3.63) is 65.7 Å². The van der Waals surface area contributed by atoms with Crippen molar-refractivity contribution in [1.82, 2.24) is 9.62 Å². The fraction of sp³-hybridized carbons (Fsp3) is 0.458. The number of rotatable bonds is 8. The minimum atomic E-state index is -4.64. The second kappa shape index (κ2) is 10.7. The topological polar surface area (TPSA) is 66.5 Å². The number of nitrogens with zero attached hydrogens (tertiary/aromatic N) is 1. The second-order valence-electron chi connectivity index (χ2n) is 8.65. The molecule has 0 aromatic heterocycles. The molecule has 9 heteroatoms. The largest absolute Gasteiger partial charge is 0.402 e. The van der Waals surface area contributed by atoms with Crippen molar-refractivity contribution in [2.75, 3.05) is 13.1 Å². The number of halogens is 3. The lowest BCUT2D eigenvalue weighted by Crippen LogP contribution is -2.43. The van der Waals surface area contributed by atoms with Gasteiger partial charge in [-0.05, 0) is 56.2 Å². The SMILES string of the molecule is Cc1ccc(CNC(=O)C2CCC(CN(CC(F)(F)F)S(=O)(=O)c3ccccc3)CC2)cc1. The van der Waals surface area contributed by atoms with Gasteiger partial charge in [-0.15, -0.1) is 0 Å². The number of nitrogens with one attached hydrogen (secondary N) is 1. The molecule has 2 aromatic carbocycles. The Balaban J connectivity index is 1.57. The Labute approximate surface area is 193 Å². The Morgan fingerprint density at radius 2 is 1.61 bits per heavy atom. The van der Waals surface area contributed by atoms with E-state index in [1.165, 1.54) is 24.3 Å². The predicted octanol–water partition coefficient (Wildman–Crippen LogP) is 4.67. The first kappa shape index (κ1) is 25.2. The summed E-state index contributed by atoms with van der Waals surface area (Å²) in [6.45, 7) is 0.672. The molecule has 33 heavy (non-hydrogen) atoms. The Morgan fingerprint density at radius 3 is 2.18 bits per heavy atom. The second-order valence-corrected chi connectivity index (χ2v) is 10.6. The number of hydrogen-bond acceptors (Lipinski definition) is 3. The summed E-state index contributed by atoms with van der Waals surface area (Å²) in [5, 5.41) is 2.93. The van der Waals surface area contributed by atoms with Crippen molar-refractivity contribution in [2.24, 2.45) is 11.8 Å². The third kappa shape index (κ3) is 7.30. The number of hydrogen-bond donors (Lipinski definition) is 1. The smallest absolute Gasteiger partial charge is 0.352 e. The third-order valence-corrected chi connectivity index (χ3v) is 7.83. The summed E-state index contributed by atoms with van der Waals surface area (Å²) < 4.78 is 65.7. The molecule has 2 aromatic rings. The van der Waals surface area contributed by atoms with Crippen molar-refractivity contribution < 1.29 is 26.4 Å². The zero-order valence-corrected chi connectivity index (χ0v) is 19.3. The molecule has 1 aliphatic rings. The van der Waals surface area contributed by atoms with Gasteiger partial charge in [0, 0.05) is 19.0 Å². The summed E-state index contributed by atoms with van der Waals surface area (Å²) >= 11 is 0. The lowest BCUT2D eigenvalue weighted by molar-refractivity contribution is -0.137. The van der Waals surface area contributed by atoms with Gasteiger partial charge in [-0.2, -0.15) is 17.5 Å². The Bertz CT molecular complexity index is 1020. The molecule has 0 bridgehead atoms. The molecule has 0 heterocycles. The van der Waals surface area contributed by atoms with Crippen LogP contribution in [-0.4, -0.2) is 37.9 Å². The predicted molar refractivity (Wildman–Crippen MR) is 120 cm³/mol. The average molecular weight is 483 g/mol. The fourth-order valence-corrected chi connectivity index (χ4v) is 5.65. The Hall–Kier alpha value is -2.39. The van der Waals surface area contributed by atoms with Gasteiger partial charge in [-0.25, -0.2) is 8.42 Å². The lowest BCUT2D eigenvalue weighted by atomic mass is 9.81. The van der Waals surface area contributed by atoms with Crippen molar-refractivity contribution >= 4 is 15.9 Å². The molecule has 1 N–H and O–H groups in total. The zero-order valence-electron chi connectivity index (χ0n) is 18.5. The van der Waals surface area contributed by atoms with Gasteiger partial charge in [0.25, 0.3) is 0 Å². The molecular weight excluding hydrogens is 453 g/mol. The van der Waals surface area contributed by atoms with E-state index in [1.54, 1.807) is 6.07 Å². The van der Waals surface area contributed by atoms with E-state index in [1.807, 2.05) is 31.2 Å². The molecule has 5 nitrogen and oxygen atoms in total. The highest BCUT2D eigenvalue weighted by molar-refractivity contribution is 7.89. The molecule has 0 atom stereocenters. The lowest BCUT2D eigenvalue weighted by Gasteiger charge is -2.32. The molecule has 0 saturated heterocycles. The zero-order chi connectivity index (χ0) is 24.1. The Morgan fingerprint density at radius 1 is 1.00 bits per heavy atom. The first-order chi connectivity index (χ1) is 15.5. The van der Waals surface area contributed by atoms with Crippen molar-refractivity contribution in [2.45, 2.75) is 50.2 Å². The molecular formula is C24H29F3N2O3S. The number of carbonyl (C=O) groups is 1. The number of alkyl halides is 3. The van der Waals surface area contributed by atoms with Crippen molar-refractivity contribution in [1.29, 1.82) is 0 Å². The maximum Gasteiger partial charge on any atom is 0.402 e. The van der Waals surface area contributed by atoms with E-state index in [-0.39, 0.29) is 29.2 Å². The summed E-state index contributed by atoms with van der Waals surface area (Å²) in [5.74, 6) is -0.515.